The topological polar surface area (TPSA) is 96.8 Å². The Morgan fingerprint density at radius 2 is 2.21 bits per heavy atom. The average Bonchev–Trinajstić information content (AvgIpc) is 2.22. The minimum atomic E-state index is -3.51. The predicted octanol–water partition coefficient (Wildman–Crippen LogP) is 0.598. The summed E-state index contributed by atoms with van der Waals surface area (Å²) < 4.78 is 26.6. The Morgan fingerprint density at radius 1 is 1.58 bits per heavy atom. The average molecular weight is 307 g/mol. The van der Waals surface area contributed by atoms with Gasteiger partial charge in [0.1, 0.15) is 17.5 Å². The zero-order valence-electron chi connectivity index (χ0n) is 9.91. The highest BCUT2D eigenvalue weighted by Gasteiger charge is 2.33. The van der Waals surface area contributed by atoms with Crippen molar-refractivity contribution < 1.29 is 22.5 Å². The van der Waals surface area contributed by atoms with Crippen LogP contribution in [-0.2, 0) is 14.3 Å². The quantitative estimate of drug-likeness (QED) is 0.813. The summed E-state index contributed by atoms with van der Waals surface area (Å²) >= 11 is 5.69. The molecular weight excluding hydrogens is 296 g/mol. The van der Waals surface area contributed by atoms with Crippen molar-refractivity contribution in [2.75, 3.05) is 24.2 Å². The molecule has 0 unspecified atom stereocenters. The molecule has 104 valence electrons. The normalized spacial score (nSPS) is 16.2. The van der Waals surface area contributed by atoms with Crippen LogP contribution in [0, 0.1) is 0 Å². The maximum Gasteiger partial charge on any atom is 0.339 e. The van der Waals surface area contributed by atoms with E-state index in [1.54, 1.807) is 4.90 Å². The number of rotatable bonds is 4. The molecule has 7 nitrogen and oxygen atoms in total. The Kier molecular flexibility index (Phi) is 3.66. The molecule has 1 fully saturated rings. The molecule has 1 saturated heterocycles. The van der Waals surface area contributed by atoms with Crippen molar-refractivity contribution in [3.05, 3.63) is 22.8 Å². The second kappa shape index (κ2) is 4.95. The third kappa shape index (κ3) is 3.34. The summed E-state index contributed by atoms with van der Waals surface area (Å²) in [6.07, 6.45) is 1.83. The second-order valence-corrected chi connectivity index (χ2v) is 6.19. The minimum Gasteiger partial charge on any atom is -0.478 e. The Labute approximate surface area is 114 Å². The molecule has 1 N–H and O–H groups in total. The fourth-order valence-electron chi connectivity index (χ4n) is 1.76. The molecule has 1 aromatic heterocycles. The van der Waals surface area contributed by atoms with Gasteiger partial charge in [0, 0.05) is 19.3 Å². The van der Waals surface area contributed by atoms with Crippen LogP contribution in [0.15, 0.2) is 12.3 Å². The lowest BCUT2D eigenvalue weighted by Crippen LogP contribution is -2.53. The van der Waals surface area contributed by atoms with Gasteiger partial charge in [-0.25, -0.2) is 9.78 Å². The fraction of sp³-hybridized carbons (Fsp3) is 0.400. The SMILES string of the molecule is CS(=O)(=O)OC1CN(c2ncc(Cl)cc2C(=O)O)C1. The Morgan fingerprint density at radius 3 is 2.74 bits per heavy atom. The van der Waals surface area contributed by atoms with Crippen LogP contribution in [0.4, 0.5) is 5.82 Å². The number of anilines is 1. The number of nitrogens with zero attached hydrogens (tertiary/aromatic N) is 2. The predicted molar refractivity (Wildman–Crippen MR) is 68.1 cm³/mol. The van der Waals surface area contributed by atoms with Crippen LogP contribution < -0.4 is 4.90 Å². The van der Waals surface area contributed by atoms with Gasteiger partial charge in [0.05, 0.1) is 11.3 Å². The molecule has 0 amide bonds. The van der Waals surface area contributed by atoms with Crippen molar-refractivity contribution in [2.45, 2.75) is 6.10 Å². The van der Waals surface area contributed by atoms with E-state index >= 15 is 0 Å². The van der Waals surface area contributed by atoms with E-state index in [1.807, 2.05) is 0 Å². The van der Waals surface area contributed by atoms with E-state index in [0.29, 0.717) is 0 Å². The molecule has 19 heavy (non-hydrogen) atoms. The van der Waals surface area contributed by atoms with Gasteiger partial charge in [-0.05, 0) is 6.07 Å². The molecule has 1 aromatic rings. The van der Waals surface area contributed by atoms with Crippen LogP contribution >= 0.6 is 11.6 Å². The highest BCUT2D eigenvalue weighted by atomic mass is 35.5. The number of hydrogen-bond acceptors (Lipinski definition) is 6. The molecule has 0 atom stereocenters. The lowest BCUT2D eigenvalue weighted by molar-refractivity contribution is 0.0695. The Balaban J connectivity index is 2.12. The summed E-state index contributed by atoms with van der Waals surface area (Å²) in [4.78, 5) is 16.7. The molecular formula is C10H11ClN2O5S. The van der Waals surface area contributed by atoms with E-state index < -0.39 is 22.2 Å². The molecule has 0 radical (unpaired) electrons. The van der Waals surface area contributed by atoms with Crippen LogP contribution in [0.2, 0.25) is 5.02 Å². The van der Waals surface area contributed by atoms with Gasteiger partial charge >= 0.3 is 5.97 Å². The third-order valence-corrected chi connectivity index (χ3v) is 3.35. The first-order valence-electron chi connectivity index (χ1n) is 5.28. The first kappa shape index (κ1) is 14.0. The highest BCUT2D eigenvalue weighted by molar-refractivity contribution is 7.86. The van der Waals surface area contributed by atoms with E-state index in [0.717, 1.165) is 6.26 Å². The minimum absolute atomic E-state index is 0.0229. The summed E-state index contributed by atoms with van der Waals surface area (Å²) in [5.74, 6) is -0.886. The number of aromatic carboxylic acids is 1. The number of halogens is 1. The van der Waals surface area contributed by atoms with Crippen LogP contribution in [0.1, 0.15) is 10.4 Å². The molecule has 0 spiro atoms. The van der Waals surface area contributed by atoms with Gasteiger partial charge in [-0.15, -0.1) is 0 Å². The van der Waals surface area contributed by atoms with Gasteiger partial charge in [-0.2, -0.15) is 8.42 Å². The molecule has 1 aliphatic rings. The van der Waals surface area contributed by atoms with Crippen molar-refractivity contribution in [3.63, 3.8) is 0 Å². The van der Waals surface area contributed by atoms with E-state index in [-0.39, 0.29) is 29.5 Å². The van der Waals surface area contributed by atoms with E-state index in [1.165, 1.54) is 12.3 Å². The van der Waals surface area contributed by atoms with Crippen LogP contribution in [0.25, 0.3) is 0 Å². The summed E-state index contributed by atoms with van der Waals surface area (Å²) in [5.41, 5.74) is -0.0229. The van der Waals surface area contributed by atoms with Crippen LogP contribution in [0.5, 0.6) is 0 Å². The Hall–Kier alpha value is -1.38. The largest absolute Gasteiger partial charge is 0.478 e. The van der Waals surface area contributed by atoms with E-state index in [2.05, 4.69) is 4.98 Å². The smallest absolute Gasteiger partial charge is 0.339 e. The van der Waals surface area contributed by atoms with Gasteiger partial charge < -0.3 is 10.0 Å². The van der Waals surface area contributed by atoms with Gasteiger partial charge in [0.25, 0.3) is 10.1 Å². The van der Waals surface area contributed by atoms with Crippen molar-refractivity contribution in [1.82, 2.24) is 4.98 Å². The van der Waals surface area contributed by atoms with Gasteiger partial charge in [0.15, 0.2) is 0 Å². The van der Waals surface area contributed by atoms with Gasteiger partial charge in [-0.1, -0.05) is 11.6 Å². The lowest BCUT2D eigenvalue weighted by Gasteiger charge is -2.39. The zero-order chi connectivity index (χ0) is 14.2. The van der Waals surface area contributed by atoms with Crippen molar-refractivity contribution in [1.29, 1.82) is 0 Å². The number of hydrogen-bond donors (Lipinski definition) is 1. The first-order valence-corrected chi connectivity index (χ1v) is 7.48. The monoisotopic (exact) mass is 306 g/mol. The summed E-state index contributed by atoms with van der Waals surface area (Å²) in [6.45, 7) is 0.532. The fourth-order valence-corrected chi connectivity index (χ4v) is 2.53. The highest BCUT2D eigenvalue weighted by Crippen LogP contribution is 2.26. The maximum absolute atomic E-state index is 11.1. The van der Waals surface area contributed by atoms with Crippen molar-refractivity contribution in [2.24, 2.45) is 0 Å². The first-order chi connectivity index (χ1) is 8.76. The maximum atomic E-state index is 11.1. The van der Waals surface area contributed by atoms with Gasteiger partial charge in [0.2, 0.25) is 0 Å². The number of aromatic nitrogens is 1. The summed E-state index contributed by atoms with van der Waals surface area (Å²) in [7, 11) is -3.51. The number of carbonyl (C=O) groups is 1. The van der Waals surface area contributed by atoms with Crippen LogP contribution in [0.3, 0.4) is 0 Å². The number of carboxylic acid groups (broad SMARTS) is 1. The number of carboxylic acids is 1. The summed E-state index contributed by atoms with van der Waals surface area (Å²) in [6, 6.07) is 1.30. The lowest BCUT2D eigenvalue weighted by atomic mass is 10.1. The molecule has 0 saturated carbocycles. The standard InChI is InChI=1S/C10H11ClN2O5S/c1-19(16,17)18-7-4-13(5-7)9-8(10(14)15)2-6(11)3-12-9/h2-3,7H,4-5H2,1H3,(H,14,15). The third-order valence-electron chi connectivity index (χ3n) is 2.52. The molecule has 2 rings (SSSR count). The van der Waals surface area contributed by atoms with E-state index in [9.17, 15) is 13.2 Å². The van der Waals surface area contributed by atoms with Crippen molar-refractivity contribution in [3.8, 4) is 0 Å². The second-order valence-electron chi connectivity index (χ2n) is 4.16. The summed E-state index contributed by atoms with van der Waals surface area (Å²) in [5, 5.41) is 9.29. The van der Waals surface area contributed by atoms with Crippen LogP contribution in [-0.4, -0.2) is 49.9 Å². The molecule has 0 aromatic carbocycles. The molecule has 1 aliphatic heterocycles. The zero-order valence-corrected chi connectivity index (χ0v) is 11.5. The molecule has 2 heterocycles. The molecule has 9 heteroatoms. The molecule has 0 bridgehead atoms. The van der Waals surface area contributed by atoms with Gasteiger partial charge in [-0.3, -0.25) is 4.18 Å². The Bertz CT molecular complexity index is 612. The van der Waals surface area contributed by atoms with Crippen molar-refractivity contribution >= 4 is 33.5 Å². The molecule has 0 aliphatic carbocycles. The number of pyridine rings is 1. The van der Waals surface area contributed by atoms with E-state index in [4.69, 9.17) is 20.9 Å².